The molecule has 2 aromatic carbocycles. The van der Waals surface area contributed by atoms with E-state index < -0.39 is 18.0 Å². The van der Waals surface area contributed by atoms with Gasteiger partial charge >= 0.3 is 18.0 Å². The van der Waals surface area contributed by atoms with Gasteiger partial charge in [0.1, 0.15) is 12.3 Å². The van der Waals surface area contributed by atoms with E-state index in [2.05, 4.69) is 15.0 Å². The van der Waals surface area contributed by atoms with E-state index in [1.165, 1.54) is 32.4 Å². The highest BCUT2D eigenvalue weighted by Gasteiger charge is 2.20. The van der Waals surface area contributed by atoms with Crippen LogP contribution in [0.15, 0.2) is 48.5 Å². The maximum absolute atomic E-state index is 12.2. The first-order chi connectivity index (χ1) is 14.4. The van der Waals surface area contributed by atoms with Gasteiger partial charge in [-0.3, -0.25) is 5.32 Å². The molecular weight excluding hydrogens is 412 g/mol. The van der Waals surface area contributed by atoms with Crippen molar-refractivity contribution in [1.82, 2.24) is 4.98 Å². The number of anilines is 1. The second kappa shape index (κ2) is 9.23. The number of halogens is 1. The van der Waals surface area contributed by atoms with Crippen LogP contribution in [0, 0.1) is 0 Å². The van der Waals surface area contributed by atoms with E-state index in [4.69, 9.17) is 21.1 Å². The van der Waals surface area contributed by atoms with Crippen molar-refractivity contribution in [2.75, 3.05) is 19.5 Å². The summed E-state index contributed by atoms with van der Waals surface area (Å²) in [4.78, 5) is 40.4. The number of pyridine rings is 1. The quantitative estimate of drug-likeness (QED) is 0.479. The lowest BCUT2D eigenvalue weighted by atomic mass is 10.1. The summed E-state index contributed by atoms with van der Waals surface area (Å²) in [6.07, 6.45) is -0.702. The number of amides is 1. The average Bonchev–Trinajstić information content (AvgIpc) is 2.76. The Kier molecular flexibility index (Phi) is 6.48. The van der Waals surface area contributed by atoms with Crippen LogP contribution in [-0.2, 0) is 20.8 Å². The number of aromatic nitrogens is 1. The molecule has 0 saturated carbocycles. The summed E-state index contributed by atoms with van der Waals surface area (Å²) in [6.45, 7) is 0.0885. The lowest BCUT2D eigenvalue weighted by molar-refractivity contribution is 0.0594. The topological polar surface area (TPSA) is 104 Å². The summed E-state index contributed by atoms with van der Waals surface area (Å²) < 4.78 is 14.6. The molecule has 9 heteroatoms. The van der Waals surface area contributed by atoms with Gasteiger partial charge in [-0.1, -0.05) is 41.9 Å². The Morgan fingerprint density at radius 3 is 2.37 bits per heavy atom. The number of hydrogen-bond donors (Lipinski definition) is 1. The highest BCUT2D eigenvalue weighted by Crippen LogP contribution is 2.31. The molecule has 1 N–H and O–H groups in total. The van der Waals surface area contributed by atoms with Crippen molar-refractivity contribution in [1.29, 1.82) is 0 Å². The van der Waals surface area contributed by atoms with Crippen molar-refractivity contribution < 1.29 is 28.6 Å². The maximum atomic E-state index is 12.2. The van der Waals surface area contributed by atoms with Crippen LogP contribution >= 0.6 is 11.6 Å². The Morgan fingerprint density at radius 1 is 1.00 bits per heavy atom. The number of ether oxygens (including phenoxy) is 3. The summed E-state index contributed by atoms with van der Waals surface area (Å²) >= 11 is 6.33. The molecule has 0 fully saturated rings. The monoisotopic (exact) mass is 428 g/mol. The number of esters is 2. The first-order valence-corrected chi connectivity index (χ1v) is 9.09. The summed E-state index contributed by atoms with van der Waals surface area (Å²) in [5.74, 6) is -1.43. The molecule has 8 nitrogen and oxygen atoms in total. The van der Waals surface area contributed by atoms with Crippen molar-refractivity contribution in [3.63, 3.8) is 0 Å². The lowest BCUT2D eigenvalue weighted by Crippen LogP contribution is -2.14. The predicted octanol–water partition coefficient (Wildman–Crippen LogP) is 4.21. The predicted molar refractivity (Wildman–Crippen MR) is 110 cm³/mol. The third-order valence-electron chi connectivity index (χ3n) is 4.12. The van der Waals surface area contributed by atoms with Gasteiger partial charge in [0, 0.05) is 11.1 Å². The molecule has 3 aromatic rings. The van der Waals surface area contributed by atoms with Crippen molar-refractivity contribution in [3.8, 4) is 0 Å². The number of fused-ring (bicyclic) bond motifs is 1. The second-order valence-electron chi connectivity index (χ2n) is 6.08. The van der Waals surface area contributed by atoms with E-state index in [1.54, 1.807) is 0 Å². The molecule has 0 radical (unpaired) electrons. The third-order valence-corrected chi connectivity index (χ3v) is 4.42. The summed E-state index contributed by atoms with van der Waals surface area (Å²) in [7, 11) is 2.40. The van der Waals surface area contributed by atoms with Crippen LogP contribution in [0.4, 0.5) is 10.5 Å². The first-order valence-electron chi connectivity index (χ1n) is 8.71. The molecule has 0 saturated heterocycles. The molecule has 1 aromatic heterocycles. The largest absolute Gasteiger partial charge is 0.465 e. The van der Waals surface area contributed by atoms with Crippen molar-refractivity contribution in [2.24, 2.45) is 0 Å². The standard InChI is InChI=1S/C21H17ClN2O6/c1-28-19(25)14-10-17(20(26)29-2)24-16-9-13(8-15(22)18(14)16)23-21(27)30-11-12-6-4-3-5-7-12/h3-10H,11H2,1-2H3,(H,23,27). The van der Waals surface area contributed by atoms with E-state index in [0.717, 1.165) is 5.56 Å². The van der Waals surface area contributed by atoms with Crippen LogP contribution < -0.4 is 5.32 Å². The number of hydrogen-bond acceptors (Lipinski definition) is 7. The summed E-state index contributed by atoms with van der Waals surface area (Å²) in [5, 5.41) is 2.96. The molecule has 1 heterocycles. The van der Waals surface area contributed by atoms with Crippen LogP contribution in [-0.4, -0.2) is 37.2 Å². The van der Waals surface area contributed by atoms with E-state index in [-0.39, 0.29) is 39.5 Å². The minimum absolute atomic E-state index is 0.0473. The number of methoxy groups -OCH3 is 2. The fourth-order valence-electron chi connectivity index (χ4n) is 2.75. The molecule has 154 valence electrons. The molecule has 0 aliphatic rings. The van der Waals surface area contributed by atoms with E-state index in [0.29, 0.717) is 0 Å². The van der Waals surface area contributed by atoms with E-state index in [1.807, 2.05) is 30.3 Å². The average molecular weight is 429 g/mol. The van der Waals surface area contributed by atoms with E-state index in [9.17, 15) is 14.4 Å². The van der Waals surface area contributed by atoms with Crippen molar-refractivity contribution in [2.45, 2.75) is 6.61 Å². The van der Waals surface area contributed by atoms with Crippen LogP contribution in [0.3, 0.4) is 0 Å². The van der Waals surface area contributed by atoms with Crippen LogP contribution in [0.2, 0.25) is 5.02 Å². The Bertz CT molecular complexity index is 1120. The summed E-state index contributed by atoms with van der Waals surface area (Å²) in [6, 6.07) is 13.3. The molecule has 0 aliphatic carbocycles. The molecule has 0 bridgehead atoms. The number of nitrogens with zero attached hydrogens (tertiary/aromatic N) is 1. The van der Waals surface area contributed by atoms with Crippen LogP contribution in [0.1, 0.15) is 26.4 Å². The van der Waals surface area contributed by atoms with Gasteiger partial charge in [0.25, 0.3) is 0 Å². The molecular formula is C21H17ClN2O6. The van der Waals surface area contributed by atoms with Gasteiger partial charge < -0.3 is 14.2 Å². The molecule has 3 rings (SSSR count). The van der Waals surface area contributed by atoms with Crippen molar-refractivity contribution in [3.05, 3.63) is 70.4 Å². The highest BCUT2D eigenvalue weighted by molar-refractivity contribution is 6.37. The Morgan fingerprint density at radius 2 is 1.70 bits per heavy atom. The highest BCUT2D eigenvalue weighted by atomic mass is 35.5. The smallest absolute Gasteiger partial charge is 0.411 e. The lowest BCUT2D eigenvalue weighted by Gasteiger charge is -2.12. The first kappa shape index (κ1) is 21.1. The number of rotatable bonds is 5. The van der Waals surface area contributed by atoms with Crippen LogP contribution in [0.25, 0.3) is 10.9 Å². The molecule has 0 atom stereocenters. The van der Waals surface area contributed by atoms with Gasteiger partial charge in [-0.15, -0.1) is 0 Å². The minimum Gasteiger partial charge on any atom is -0.465 e. The summed E-state index contributed by atoms with van der Waals surface area (Å²) in [5.41, 5.74) is 1.24. The third kappa shape index (κ3) is 4.66. The fraction of sp³-hybridized carbons (Fsp3) is 0.143. The van der Waals surface area contributed by atoms with Gasteiger partial charge in [0.15, 0.2) is 0 Å². The number of carbonyl (C=O) groups is 3. The Balaban J connectivity index is 1.92. The van der Waals surface area contributed by atoms with Gasteiger partial charge in [0.05, 0.1) is 30.3 Å². The second-order valence-corrected chi connectivity index (χ2v) is 6.48. The molecule has 1 amide bonds. The molecule has 0 spiro atoms. The van der Waals surface area contributed by atoms with Gasteiger partial charge in [-0.25, -0.2) is 19.4 Å². The normalized spacial score (nSPS) is 10.4. The zero-order valence-corrected chi connectivity index (χ0v) is 16.9. The number of benzene rings is 2. The SMILES string of the molecule is COC(=O)c1cc(C(=O)OC)c2c(Cl)cc(NC(=O)OCc3ccccc3)cc2n1. The number of nitrogens with one attached hydrogen (secondary N) is 1. The Labute approximate surface area is 176 Å². The maximum Gasteiger partial charge on any atom is 0.411 e. The number of carbonyl (C=O) groups excluding carboxylic acids is 3. The molecule has 0 aliphatic heterocycles. The Hall–Kier alpha value is -3.65. The van der Waals surface area contributed by atoms with Gasteiger partial charge in [-0.2, -0.15) is 0 Å². The fourth-order valence-corrected chi connectivity index (χ4v) is 3.06. The minimum atomic E-state index is -0.737. The molecule has 30 heavy (non-hydrogen) atoms. The zero-order chi connectivity index (χ0) is 21.7. The zero-order valence-electron chi connectivity index (χ0n) is 16.1. The van der Waals surface area contributed by atoms with E-state index >= 15 is 0 Å². The van der Waals surface area contributed by atoms with Crippen LogP contribution in [0.5, 0.6) is 0 Å². The molecule has 0 unspecified atom stereocenters. The van der Waals surface area contributed by atoms with Gasteiger partial charge in [-0.05, 0) is 23.8 Å². The van der Waals surface area contributed by atoms with Gasteiger partial charge in [0.2, 0.25) is 0 Å². The van der Waals surface area contributed by atoms with Crippen molar-refractivity contribution >= 4 is 46.2 Å².